The number of aromatic nitrogens is 2. The molecule has 0 aliphatic heterocycles. The highest BCUT2D eigenvalue weighted by atomic mass is 32.1. The third-order valence-corrected chi connectivity index (χ3v) is 6.95. The summed E-state index contributed by atoms with van der Waals surface area (Å²) < 4.78 is 2.62. The van der Waals surface area contributed by atoms with Crippen LogP contribution in [0.4, 0.5) is 0 Å². The molecule has 0 bridgehead atoms. The largest absolute Gasteiger partial charge is 0.233 e. The molecule has 0 N–H and O–H groups in total. The van der Waals surface area contributed by atoms with Crippen molar-refractivity contribution in [3.05, 3.63) is 109 Å². The van der Waals surface area contributed by atoms with E-state index in [0.717, 1.165) is 28.3 Å². The summed E-state index contributed by atoms with van der Waals surface area (Å²) >= 11 is 1.84. The maximum Gasteiger partial charge on any atom is 0.126 e. The minimum absolute atomic E-state index is 0.778. The van der Waals surface area contributed by atoms with Crippen molar-refractivity contribution in [2.24, 2.45) is 0 Å². The molecule has 0 aliphatic carbocycles. The van der Waals surface area contributed by atoms with Gasteiger partial charge >= 0.3 is 0 Å². The number of hydrogen-bond donors (Lipinski definition) is 0. The van der Waals surface area contributed by atoms with Gasteiger partial charge in [0.2, 0.25) is 0 Å². The predicted octanol–water partition coefficient (Wildman–Crippen LogP) is 8.15. The van der Waals surface area contributed by atoms with E-state index in [9.17, 15) is 0 Å². The molecule has 6 rings (SSSR count). The molecule has 0 amide bonds. The smallest absolute Gasteiger partial charge is 0.126 e. The van der Waals surface area contributed by atoms with Crippen LogP contribution in [0.1, 0.15) is 5.82 Å². The van der Waals surface area contributed by atoms with Gasteiger partial charge in [0.25, 0.3) is 0 Å². The lowest BCUT2D eigenvalue weighted by molar-refractivity contribution is 1.06. The van der Waals surface area contributed by atoms with Crippen molar-refractivity contribution in [2.45, 2.75) is 6.92 Å². The number of fused-ring (bicyclic) bond motifs is 3. The molecular formula is C29H20N2S. The summed E-state index contributed by atoms with van der Waals surface area (Å²) in [7, 11) is 0. The highest BCUT2D eigenvalue weighted by Gasteiger charge is 2.10. The average Bonchev–Trinajstić information content (AvgIpc) is 3.22. The number of hydrogen-bond acceptors (Lipinski definition) is 3. The van der Waals surface area contributed by atoms with E-state index in [2.05, 4.69) is 97.1 Å². The fourth-order valence-electron chi connectivity index (χ4n) is 4.21. The van der Waals surface area contributed by atoms with Crippen LogP contribution in [0, 0.1) is 6.92 Å². The Morgan fingerprint density at radius 1 is 0.500 bits per heavy atom. The van der Waals surface area contributed by atoms with Crippen LogP contribution in [0.3, 0.4) is 0 Å². The Morgan fingerprint density at radius 2 is 1.09 bits per heavy atom. The molecule has 6 aromatic rings. The van der Waals surface area contributed by atoms with Gasteiger partial charge in [0.05, 0.1) is 11.4 Å². The molecule has 2 nitrogen and oxygen atoms in total. The third-order valence-electron chi connectivity index (χ3n) is 5.80. The van der Waals surface area contributed by atoms with Crippen LogP contribution >= 0.6 is 11.3 Å². The molecule has 0 saturated carbocycles. The standard InChI is InChI=1S/C29H20N2S/c1-19-30-26(22-13-11-21(12-14-22)20-7-3-2-4-8-20)18-27(31-19)23-15-16-29-25(17-23)24-9-5-6-10-28(24)32-29/h2-18H,1H3. The molecular weight excluding hydrogens is 408 g/mol. The van der Waals surface area contributed by atoms with Crippen LogP contribution < -0.4 is 0 Å². The van der Waals surface area contributed by atoms with Crippen molar-refractivity contribution in [1.82, 2.24) is 9.97 Å². The Kier molecular flexibility index (Phi) is 4.55. The summed E-state index contributed by atoms with van der Waals surface area (Å²) in [6, 6.07) is 36.4. The Bertz CT molecular complexity index is 1560. The molecule has 2 heterocycles. The minimum atomic E-state index is 0.778. The Morgan fingerprint density at radius 3 is 1.91 bits per heavy atom. The van der Waals surface area contributed by atoms with E-state index in [1.54, 1.807) is 0 Å². The normalized spacial score (nSPS) is 11.3. The maximum absolute atomic E-state index is 4.76. The van der Waals surface area contributed by atoms with Crippen LogP contribution in [-0.4, -0.2) is 9.97 Å². The van der Waals surface area contributed by atoms with Crippen molar-refractivity contribution in [1.29, 1.82) is 0 Å². The minimum Gasteiger partial charge on any atom is -0.233 e. The Labute approximate surface area is 190 Å². The van der Waals surface area contributed by atoms with E-state index in [-0.39, 0.29) is 0 Å². The molecule has 0 fully saturated rings. The van der Waals surface area contributed by atoms with Gasteiger partial charge in [-0.15, -0.1) is 11.3 Å². The third kappa shape index (κ3) is 3.37. The van der Waals surface area contributed by atoms with E-state index in [1.165, 1.54) is 31.3 Å². The molecule has 0 atom stereocenters. The van der Waals surface area contributed by atoms with E-state index >= 15 is 0 Å². The number of aryl methyl sites for hydroxylation is 1. The van der Waals surface area contributed by atoms with Crippen LogP contribution in [0.25, 0.3) is 53.8 Å². The van der Waals surface area contributed by atoms with E-state index < -0.39 is 0 Å². The van der Waals surface area contributed by atoms with Gasteiger partial charge in [-0.25, -0.2) is 9.97 Å². The van der Waals surface area contributed by atoms with E-state index in [4.69, 9.17) is 9.97 Å². The van der Waals surface area contributed by atoms with Gasteiger partial charge in [0.15, 0.2) is 0 Å². The number of nitrogens with zero attached hydrogens (tertiary/aromatic N) is 2. The van der Waals surface area contributed by atoms with Crippen LogP contribution in [0.2, 0.25) is 0 Å². The molecule has 0 spiro atoms. The van der Waals surface area contributed by atoms with Crippen molar-refractivity contribution in [3.63, 3.8) is 0 Å². The monoisotopic (exact) mass is 428 g/mol. The van der Waals surface area contributed by atoms with Gasteiger partial charge in [-0.1, -0.05) is 78.9 Å². The maximum atomic E-state index is 4.76. The lowest BCUT2D eigenvalue weighted by Gasteiger charge is -2.08. The first-order chi connectivity index (χ1) is 15.7. The summed E-state index contributed by atoms with van der Waals surface area (Å²) in [6.45, 7) is 1.96. The predicted molar refractivity (Wildman–Crippen MR) is 136 cm³/mol. The molecule has 0 saturated heterocycles. The number of thiophene rings is 1. The van der Waals surface area contributed by atoms with Gasteiger partial charge in [0, 0.05) is 31.3 Å². The highest BCUT2D eigenvalue weighted by Crippen LogP contribution is 2.36. The molecule has 0 aliphatic rings. The average molecular weight is 429 g/mol. The number of rotatable bonds is 3. The summed E-state index contributed by atoms with van der Waals surface area (Å²) in [4.78, 5) is 9.48. The van der Waals surface area contributed by atoms with Gasteiger partial charge in [-0.2, -0.15) is 0 Å². The van der Waals surface area contributed by atoms with Gasteiger partial charge in [-0.3, -0.25) is 0 Å². The summed E-state index contributed by atoms with van der Waals surface area (Å²) in [5.41, 5.74) is 6.54. The zero-order valence-corrected chi connectivity index (χ0v) is 18.4. The van der Waals surface area contributed by atoms with E-state index in [0.29, 0.717) is 0 Å². The molecule has 2 aromatic heterocycles. The van der Waals surface area contributed by atoms with Gasteiger partial charge < -0.3 is 0 Å². The SMILES string of the molecule is Cc1nc(-c2ccc(-c3ccccc3)cc2)cc(-c2ccc3sc4ccccc4c3c2)n1. The molecule has 152 valence electrons. The second-order valence-corrected chi connectivity index (χ2v) is 9.02. The highest BCUT2D eigenvalue weighted by molar-refractivity contribution is 7.25. The summed E-state index contributed by atoms with van der Waals surface area (Å²) in [6.07, 6.45) is 0. The quantitative estimate of drug-likeness (QED) is 0.284. The first-order valence-electron chi connectivity index (χ1n) is 10.7. The fourth-order valence-corrected chi connectivity index (χ4v) is 5.30. The van der Waals surface area contributed by atoms with Crippen LogP contribution in [0.15, 0.2) is 103 Å². The van der Waals surface area contributed by atoms with Gasteiger partial charge in [0.1, 0.15) is 5.82 Å². The lowest BCUT2D eigenvalue weighted by Crippen LogP contribution is -1.94. The van der Waals surface area contributed by atoms with E-state index in [1.807, 2.05) is 24.3 Å². The van der Waals surface area contributed by atoms with Crippen LogP contribution in [0.5, 0.6) is 0 Å². The zero-order chi connectivity index (χ0) is 21.5. The number of benzene rings is 4. The van der Waals surface area contributed by atoms with Gasteiger partial charge in [-0.05, 0) is 42.3 Å². The topological polar surface area (TPSA) is 25.8 Å². The first-order valence-corrected chi connectivity index (χ1v) is 11.5. The molecule has 32 heavy (non-hydrogen) atoms. The van der Waals surface area contributed by atoms with Crippen molar-refractivity contribution in [3.8, 4) is 33.6 Å². The second-order valence-electron chi connectivity index (χ2n) is 7.94. The Balaban J connectivity index is 1.42. The first kappa shape index (κ1) is 18.9. The second kappa shape index (κ2) is 7.70. The molecule has 4 aromatic carbocycles. The molecule has 0 radical (unpaired) electrons. The zero-order valence-electron chi connectivity index (χ0n) is 17.6. The van der Waals surface area contributed by atoms with Crippen LogP contribution in [-0.2, 0) is 0 Å². The Hall–Kier alpha value is -3.82. The molecule has 3 heteroatoms. The summed E-state index contributed by atoms with van der Waals surface area (Å²) in [5.74, 6) is 0.778. The van der Waals surface area contributed by atoms with Crippen molar-refractivity contribution < 1.29 is 0 Å². The lowest BCUT2D eigenvalue weighted by atomic mass is 10.0. The summed E-state index contributed by atoms with van der Waals surface area (Å²) in [5, 5.41) is 2.59. The fraction of sp³-hybridized carbons (Fsp3) is 0.0345. The van der Waals surface area contributed by atoms with Crippen molar-refractivity contribution >= 4 is 31.5 Å². The van der Waals surface area contributed by atoms with Crippen molar-refractivity contribution in [2.75, 3.05) is 0 Å². The molecule has 0 unspecified atom stereocenters.